The molecule has 0 saturated carbocycles. The number of nitriles is 1. The molecule has 14 heavy (non-hydrogen) atoms. The Morgan fingerprint density at radius 1 is 1.57 bits per heavy atom. The van der Waals surface area contributed by atoms with Gasteiger partial charge in [-0.15, -0.1) is 0 Å². The van der Waals surface area contributed by atoms with Crippen LogP contribution in [0.2, 0.25) is 0 Å². The summed E-state index contributed by atoms with van der Waals surface area (Å²) in [7, 11) is 0. The number of nitrogens with zero attached hydrogens (tertiary/aromatic N) is 2. The van der Waals surface area contributed by atoms with Crippen molar-refractivity contribution in [3.63, 3.8) is 0 Å². The first kappa shape index (κ1) is 10.7. The first-order chi connectivity index (χ1) is 6.88. The minimum Gasteiger partial charge on any atom is -0.377 e. The van der Waals surface area contributed by atoms with Crippen LogP contribution in [-0.2, 0) is 17.7 Å². The Hall–Kier alpha value is -1.34. The quantitative estimate of drug-likeness (QED) is 0.538. The van der Waals surface area contributed by atoms with E-state index in [4.69, 9.17) is 10.00 Å². The molecule has 0 unspecified atom stereocenters. The zero-order chi connectivity index (χ0) is 10.2. The third-order valence-electron chi connectivity index (χ3n) is 1.92. The summed E-state index contributed by atoms with van der Waals surface area (Å²) in [5.41, 5.74) is 0. The molecule has 0 saturated heterocycles. The van der Waals surface area contributed by atoms with E-state index in [9.17, 15) is 0 Å². The maximum atomic E-state index is 8.56. The number of ether oxygens (including phenoxy) is 1. The van der Waals surface area contributed by atoms with Gasteiger partial charge in [-0.25, -0.2) is 9.55 Å². The fourth-order valence-corrected chi connectivity index (χ4v) is 1.24. The average Bonchev–Trinajstić information content (AvgIpc) is 2.61. The Labute approximate surface area is 84.1 Å². The van der Waals surface area contributed by atoms with E-state index in [0.717, 1.165) is 25.4 Å². The van der Waals surface area contributed by atoms with Crippen LogP contribution in [0.15, 0.2) is 12.4 Å². The monoisotopic (exact) mass is 194 g/mol. The molecule has 4 nitrogen and oxygen atoms in total. The van der Waals surface area contributed by atoms with Crippen molar-refractivity contribution in [2.45, 2.75) is 26.3 Å². The normalized spacial score (nSPS) is 10.0. The Morgan fingerprint density at radius 2 is 2.43 bits per heavy atom. The summed E-state index contributed by atoms with van der Waals surface area (Å²) in [5, 5.41) is 8.56. The van der Waals surface area contributed by atoms with Crippen LogP contribution in [0.1, 0.15) is 19.2 Å². The maximum absolute atomic E-state index is 8.56. The second-order valence-electron chi connectivity index (χ2n) is 3.05. The van der Waals surface area contributed by atoms with Crippen molar-refractivity contribution < 1.29 is 9.30 Å². The molecule has 0 spiro atoms. The van der Waals surface area contributed by atoms with Crippen LogP contribution in [0, 0.1) is 11.3 Å². The second kappa shape index (κ2) is 6.17. The molecular weight excluding hydrogens is 178 g/mol. The van der Waals surface area contributed by atoms with Gasteiger partial charge >= 0.3 is 0 Å². The lowest BCUT2D eigenvalue weighted by atomic mass is 10.4. The van der Waals surface area contributed by atoms with Gasteiger partial charge in [0.05, 0.1) is 12.7 Å². The summed E-state index contributed by atoms with van der Waals surface area (Å²) in [6.45, 7) is 4.40. The van der Waals surface area contributed by atoms with E-state index in [0.29, 0.717) is 13.0 Å². The van der Waals surface area contributed by atoms with Gasteiger partial charge in [0.25, 0.3) is 5.82 Å². The number of nitrogens with one attached hydrogen (secondary N) is 1. The third kappa shape index (κ3) is 3.19. The topological polar surface area (TPSA) is 52.7 Å². The van der Waals surface area contributed by atoms with E-state index in [1.54, 1.807) is 0 Å². The molecule has 0 amide bonds. The minimum atomic E-state index is 0.417. The van der Waals surface area contributed by atoms with Crippen molar-refractivity contribution in [1.82, 2.24) is 4.98 Å². The van der Waals surface area contributed by atoms with E-state index < -0.39 is 0 Å². The van der Waals surface area contributed by atoms with Gasteiger partial charge < -0.3 is 4.74 Å². The third-order valence-corrected chi connectivity index (χ3v) is 1.92. The van der Waals surface area contributed by atoms with E-state index in [-0.39, 0.29) is 0 Å². The summed E-state index contributed by atoms with van der Waals surface area (Å²) in [6, 6.07) is 2.12. The summed E-state index contributed by atoms with van der Waals surface area (Å²) < 4.78 is 7.38. The standard InChI is InChI=1S/C10H15N3O/c1-2-8-14-9-7-13-6-5-12-10(13)3-4-11/h5-6H,2-3,7-9H2,1H3/p+1. The first-order valence-electron chi connectivity index (χ1n) is 4.89. The van der Waals surface area contributed by atoms with E-state index >= 15 is 0 Å². The lowest BCUT2D eigenvalue weighted by Crippen LogP contribution is -2.38. The number of imidazole rings is 1. The lowest BCUT2D eigenvalue weighted by molar-refractivity contribution is -0.703. The van der Waals surface area contributed by atoms with Crippen LogP contribution >= 0.6 is 0 Å². The molecule has 1 aromatic rings. The smallest absolute Gasteiger partial charge is 0.268 e. The largest absolute Gasteiger partial charge is 0.377 e. The molecule has 0 atom stereocenters. The summed E-state index contributed by atoms with van der Waals surface area (Å²) >= 11 is 0. The Kier molecular flexibility index (Phi) is 4.73. The highest BCUT2D eigenvalue weighted by atomic mass is 16.5. The van der Waals surface area contributed by atoms with Crippen LogP contribution in [0.5, 0.6) is 0 Å². The van der Waals surface area contributed by atoms with Gasteiger partial charge in [0.15, 0.2) is 0 Å². The molecule has 0 radical (unpaired) electrons. The Bertz CT molecular complexity index is 301. The maximum Gasteiger partial charge on any atom is 0.268 e. The van der Waals surface area contributed by atoms with Gasteiger partial charge in [-0.05, 0) is 6.42 Å². The van der Waals surface area contributed by atoms with Crippen LogP contribution in [0.3, 0.4) is 0 Å². The fourth-order valence-electron chi connectivity index (χ4n) is 1.24. The molecule has 0 aliphatic rings. The van der Waals surface area contributed by atoms with Gasteiger partial charge in [-0.3, -0.25) is 0 Å². The van der Waals surface area contributed by atoms with Crippen molar-refractivity contribution in [2.24, 2.45) is 0 Å². The summed E-state index contributed by atoms with van der Waals surface area (Å²) in [4.78, 5) is 3.03. The predicted octanol–water partition coefficient (Wildman–Crippen LogP) is 0.795. The van der Waals surface area contributed by atoms with Gasteiger partial charge in [0.2, 0.25) is 0 Å². The van der Waals surface area contributed by atoms with Crippen molar-refractivity contribution in [1.29, 1.82) is 5.26 Å². The van der Waals surface area contributed by atoms with Crippen molar-refractivity contribution in [3.8, 4) is 6.07 Å². The molecule has 1 rings (SSSR count). The number of hydrogen-bond acceptors (Lipinski definition) is 2. The summed E-state index contributed by atoms with van der Waals surface area (Å²) in [5.74, 6) is 0.938. The molecular formula is C10H16N3O+. The van der Waals surface area contributed by atoms with Gasteiger partial charge in [0, 0.05) is 6.61 Å². The van der Waals surface area contributed by atoms with E-state index in [2.05, 4.69) is 18.0 Å². The van der Waals surface area contributed by atoms with Gasteiger partial charge in [-0.1, -0.05) is 6.92 Å². The van der Waals surface area contributed by atoms with Crippen LogP contribution in [0.25, 0.3) is 0 Å². The summed E-state index contributed by atoms with van der Waals surface area (Å²) in [6.07, 6.45) is 5.23. The van der Waals surface area contributed by atoms with Crippen molar-refractivity contribution in [3.05, 3.63) is 18.2 Å². The molecule has 1 heterocycles. The first-order valence-corrected chi connectivity index (χ1v) is 4.89. The Balaban J connectivity index is 2.35. The molecule has 4 heteroatoms. The fraction of sp³-hybridized carbons (Fsp3) is 0.600. The molecule has 0 bridgehead atoms. The molecule has 0 fully saturated rings. The highest BCUT2D eigenvalue weighted by Gasteiger charge is 2.08. The predicted molar refractivity (Wildman–Crippen MR) is 51.4 cm³/mol. The van der Waals surface area contributed by atoms with Crippen LogP contribution in [0.4, 0.5) is 0 Å². The Morgan fingerprint density at radius 3 is 3.14 bits per heavy atom. The van der Waals surface area contributed by atoms with E-state index in [1.807, 2.05) is 17.0 Å². The number of rotatable bonds is 6. The molecule has 0 aromatic carbocycles. The number of hydrogen-bond donors (Lipinski definition) is 1. The average molecular weight is 194 g/mol. The number of aromatic nitrogens is 2. The zero-order valence-corrected chi connectivity index (χ0v) is 8.49. The van der Waals surface area contributed by atoms with Crippen molar-refractivity contribution >= 4 is 0 Å². The lowest BCUT2D eigenvalue weighted by Gasteiger charge is -2.00. The van der Waals surface area contributed by atoms with E-state index in [1.165, 1.54) is 0 Å². The molecule has 0 aliphatic carbocycles. The zero-order valence-electron chi connectivity index (χ0n) is 8.49. The number of aromatic amines is 1. The second-order valence-corrected chi connectivity index (χ2v) is 3.05. The molecule has 1 N–H and O–H groups in total. The van der Waals surface area contributed by atoms with Gasteiger partial charge in [0.1, 0.15) is 25.4 Å². The number of H-pyrrole nitrogens is 1. The molecule has 1 aromatic heterocycles. The highest BCUT2D eigenvalue weighted by molar-refractivity contribution is 4.88. The van der Waals surface area contributed by atoms with Crippen molar-refractivity contribution in [2.75, 3.05) is 13.2 Å². The van der Waals surface area contributed by atoms with Gasteiger partial charge in [-0.2, -0.15) is 5.26 Å². The molecule has 0 aliphatic heterocycles. The minimum absolute atomic E-state index is 0.417. The van der Waals surface area contributed by atoms with Crippen LogP contribution in [-0.4, -0.2) is 18.2 Å². The molecule has 76 valence electrons. The highest BCUT2D eigenvalue weighted by Crippen LogP contribution is 1.88. The van der Waals surface area contributed by atoms with Crippen LogP contribution < -0.4 is 4.57 Å². The SMILES string of the molecule is CCCOCC[n+]1cc[nH]c1CC#N.